The number of non-ortho nitro benzene ring substituents is 1. The van der Waals surface area contributed by atoms with Crippen LogP contribution in [0.5, 0.6) is 0 Å². The van der Waals surface area contributed by atoms with E-state index in [1.165, 1.54) is 23.5 Å². The second-order valence-electron chi connectivity index (χ2n) is 4.14. The fourth-order valence-electron chi connectivity index (χ4n) is 1.98. The Morgan fingerprint density at radius 1 is 1.30 bits per heavy atom. The van der Waals surface area contributed by atoms with E-state index >= 15 is 0 Å². The molecule has 5 nitrogen and oxygen atoms in total. The van der Waals surface area contributed by atoms with Crippen LogP contribution in [0.1, 0.15) is 10.4 Å². The highest BCUT2D eigenvalue weighted by atomic mass is 79.9. The predicted molar refractivity (Wildman–Crippen MR) is 81.6 cm³/mol. The molecule has 0 unspecified atom stereocenters. The van der Waals surface area contributed by atoms with Crippen LogP contribution in [0.2, 0.25) is 0 Å². The molecule has 0 saturated carbocycles. The summed E-state index contributed by atoms with van der Waals surface area (Å²) in [5.41, 5.74) is 1.58. The van der Waals surface area contributed by atoms with Crippen LogP contribution in [0, 0.1) is 10.1 Å². The average Bonchev–Trinajstić information content (AvgIpc) is 2.94. The summed E-state index contributed by atoms with van der Waals surface area (Å²) in [6.45, 7) is 0. The summed E-state index contributed by atoms with van der Waals surface area (Å²) < 4.78 is 0.960. The Kier molecular flexibility index (Phi) is 3.15. The van der Waals surface area contributed by atoms with E-state index in [0.717, 1.165) is 8.66 Å². The van der Waals surface area contributed by atoms with Crippen molar-refractivity contribution in [2.75, 3.05) is 5.32 Å². The monoisotopic (exact) mass is 350 g/mol. The van der Waals surface area contributed by atoms with Crippen LogP contribution in [-0.4, -0.2) is 10.8 Å². The largest absolute Gasteiger partial charge is 0.321 e. The van der Waals surface area contributed by atoms with E-state index in [-0.39, 0.29) is 11.6 Å². The van der Waals surface area contributed by atoms with Gasteiger partial charge in [0.25, 0.3) is 11.6 Å². The van der Waals surface area contributed by atoms with E-state index in [1.807, 2.05) is 12.1 Å². The summed E-state index contributed by atoms with van der Waals surface area (Å²) >= 11 is 4.85. The minimum absolute atomic E-state index is 0.0292. The first-order valence-corrected chi connectivity index (χ1v) is 7.23. The standard InChI is InChI=1S/C13H7BrN2O3S/c14-12-4-2-8(20-12)6-10-9-5-7(16(18)19)1-3-11(9)15-13(10)17/h1-6H,(H,15,17). The molecule has 1 N–H and O–H groups in total. The van der Waals surface area contributed by atoms with Crippen LogP contribution in [-0.2, 0) is 4.79 Å². The van der Waals surface area contributed by atoms with Gasteiger partial charge in [-0.2, -0.15) is 0 Å². The van der Waals surface area contributed by atoms with Crippen LogP contribution in [0.3, 0.4) is 0 Å². The number of nitro groups is 1. The molecule has 3 rings (SSSR count). The van der Waals surface area contributed by atoms with Crippen molar-refractivity contribution in [2.24, 2.45) is 0 Å². The number of fused-ring (bicyclic) bond motifs is 1. The van der Waals surface area contributed by atoms with Gasteiger partial charge >= 0.3 is 0 Å². The summed E-state index contributed by atoms with van der Waals surface area (Å²) in [7, 11) is 0. The Balaban J connectivity index is 2.10. The molecule has 0 spiro atoms. The zero-order chi connectivity index (χ0) is 14.3. The van der Waals surface area contributed by atoms with Crippen molar-refractivity contribution >= 4 is 56.2 Å². The average molecular weight is 351 g/mol. The van der Waals surface area contributed by atoms with Gasteiger partial charge in [-0.15, -0.1) is 11.3 Å². The molecule has 2 aromatic rings. The van der Waals surface area contributed by atoms with Crippen molar-refractivity contribution < 1.29 is 9.72 Å². The Bertz CT molecular complexity index is 767. The molecule has 0 fully saturated rings. The van der Waals surface area contributed by atoms with E-state index in [2.05, 4.69) is 21.2 Å². The number of hydrogen-bond acceptors (Lipinski definition) is 4. The highest BCUT2D eigenvalue weighted by Crippen LogP contribution is 2.36. The predicted octanol–water partition coefficient (Wildman–Crippen LogP) is 3.91. The van der Waals surface area contributed by atoms with Gasteiger partial charge in [0.1, 0.15) is 0 Å². The third-order valence-electron chi connectivity index (χ3n) is 2.88. The first-order chi connectivity index (χ1) is 9.54. The van der Waals surface area contributed by atoms with Gasteiger partial charge in [0.05, 0.1) is 14.3 Å². The maximum absolute atomic E-state index is 12.0. The molecule has 1 aliphatic rings. The normalized spacial score (nSPS) is 15.2. The van der Waals surface area contributed by atoms with Gasteiger partial charge in [-0.05, 0) is 40.2 Å². The number of nitrogens with zero attached hydrogens (tertiary/aromatic N) is 1. The zero-order valence-electron chi connectivity index (χ0n) is 9.92. The van der Waals surface area contributed by atoms with Crippen LogP contribution in [0.4, 0.5) is 11.4 Å². The maximum Gasteiger partial charge on any atom is 0.270 e. The Labute approximate surface area is 126 Å². The molecular weight excluding hydrogens is 344 g/mol. The third kappa shape index (κ3) is 2.25. The van der Waals surface area contributed by atoms with E-state index < -0.39 is 4.92 Å². The summed E-state index contributed by atoms with van der Waals surface area (Å²) in [6, 6.07) is 8.12. The molecule has 0 bridgehead atoms. The molecule has 0 atom stereocenters. The minimum Gasteiger partial charge on any atom is -0.321 e. The van der Waals surface area contributed by atoms with E-state index in [9.17, 15) is 14.9 Å². The van der Waals surface area contributed by atoms with Crippen LogP contribution >= 0.6 is 27.3 Å². The number of hydrogen-bond donors (Lipinski definition) is 1. The van der Waals surface area contributed by atoms with E-state index in [0.29, 0.717) is 16.8 Å². The van der Waals surface area contributed by atoms with Crippen molar-refractivity contribution in [1.29, 1.82) is 0 Å². The van der Waals surface area contributed by atoms with Crippen LogP contribution in [0.25, 0.3) is 11.6 Å². The van der Waals surface area contributed by atoms with Crippen LogP contribution < -0.4 is 5.32 Å². The van der Waals surface area contributed by atoms with Gasteiger partial charge < -0.3 is 5.32 Å². The zero-order valence-corrected chi connectivity index (χ0v) is 12.3. The van der Waals surface area contributed by atoms with Crippen LogP contribution in [0.15, 0.2) is 34.1 Å². The number of nitro benzene ring substituents is 1. The molecule has 1 aromatic heterocycles. The lowest BCUT2D eigenvalue weighted by Crippen LogP contribution is -2.03. The lowest BCUT2D eigenvalue weighted by atomic mass is 10.1. The molecule has 1 amide bonds. The molecule has 2 heterocycles. The maximum atomic E-state index is 12.0. The van der Waals surface area contributed by atoms with E-state index in [1.54, 1.807) is 12.1 Å². The molecule has 100 valence electrons. The van der Waals surface area contributed by atoms with Crippen molar-refractivity contribution in [3.63, 3.8) is 0 Å². The molecular formula is C13H7BrN2O3S. The fourth-order valence-corrected chi connectivity index (χ4v) is 3.35. The van der Waals surface area contributed by atoms with Gasteiger partial charge in [0, 0.05) is 28.3 Å². The number of anilines is 1. The summed E-state index contributed by atoms with van der Waals surface area (Å²) in [5.74, 6) is -0.245. The number of carbonyl (C=O) groups excluding carboxylic acids is 1. The molecule has 0 radical (unpaired) electrons. The van der Waals surface area contributed by atoms with Gasteiger partial charge in [0.2, 0.25) is 0 Å². The van der Waals surface area contributed by atoms with Gasteiger partial charge in [-0.1, -0.05) is 0 Å². The number of rotatable bonds is 2. The quantitative estimate of drug-likeness (QED) is 0.507. The second kappa shape index (κ2) is 4.84. The van der Waals surface area contributed by atoms with Gasteiger partial charge in [-0.25, -0.2) is 0 Å². The van der Waals surface area contributed by atoms with E-state index in [4.69, 9.17) is 0 Å². The number of amides is 1. The molecule has 0 saturated heterocycles. The topological polar surface area (TPSA) is 72.2 Å². The van der Waals surface area contributed by atoms with Crippen molar-refractivity contribution in [2.45, 2.75) is 0 Å². The Morgan fingerprint density at radius 3 is 2.75 bits per heavy atom. The lowest BCUT2D eigenvalue weighted by molar-refractivity contribution is -0.384. The number of benzene rings is 1. The highest BCUT2D eigenvalue weighted by Gasteiger charge is 2.26. The van der Waals surface area contributed by atoms with Crippen molar-refractivity contribution in [3.8, 4) is 0 Å². The molecule has 20 heavy (non-hydrogen) atoms. The Morgan fingerprint density at radius 2 is 2.10 bits per heavy atom. The molecule has 1 aliphatic heterocycles. The summed E-state index contributed by atoms with van der Waals surface area (Å²) in [4.78, 5) is 23.2. The lowest BCUT2D eigenvalue weighted by Gasteiger charge is -1.98. The minimum atomic E-state index is -0.470. The number of nitrogens with one attached hydrogen (secondary N) is 1. The van der Waals surface area contributed by atoms with Gasteiger partial charge in [-0.3, -0.25) is 14.9 Å². The smallest absolute Gasteiger partial charge is 0.270 e. The second-order valence-corrected chi connectivity index (χ2v) is 6.64. The number of halogens is 1. The molecule has 7 heteroatoms. The first kappa shape index (κ1) is 13.0. The third-order valence-corrected chi connectivity index (χ3v) is 4.45. The molecule has 1 aromatic carbocycles. The van der Waals surface area contributed by atoms with Crippen molar-refractivity contribution in [3.05, 3.63) is 54.7 Å². The first-order valence-electron chi connectivity index (χ1n) is 5.62. The number of carbonyl (C=O) groups is 1. The highest BCUT2D eigenvalue weighted by molar-refractivity contribution is 9.11. The Hall–Kier alpha value is -1.99. The van der Waals surface area contributed by atoms with Gasteiger partial charge in [0.15, 0.2) is 0 Å². The number of thiophene rings is 1. The summed E-state index contributed by atoms with van der Waals surface area (Å²) in [5, 5.41) is 13.5. The summed E-state index contributed by atoms with van der Waals surface area (Å²) in [6.07, 6.45) is 1.74. The molecule has 0 aliphatic carbocycles. The fraction of sp³-hybridized carbons (Fsp3) is 0. The van der Waals surface area contributed by atoms with Crippen molar-refractivity contribution in [1.82, 2.24) is 0 Å². The SMILES string of the molecule is O=C1Nc2ccc([N+](=O)[O-])cc2C1=Cc1ccc(Br)s1.